The van der Waals surface area contributed by atoms with E-state index in [-0.39, 0.29) is 6.04 Å². The minimum Gasteiger partial charge on any atom is -0.466 e. The van der Waals surface area contributed by atoms with Crippen LogP contribution in [0.15, 0.2) is 18.2 Å². The molecule has 2 atom stereocenters. The van der Waals surface area contributed by atoms with E-state index in [1.165, 1.54) is 38.2 Å². The van der Waals surface area contributed by atoms with E-state index >= 15 is 0 Å². The number of esters is 2. The Morgan fingerprint density at radius 2 is 2.03 bits per heavy atom. The highest BCUT2D eigenvalue weighted by Crippen LogP contribution is 2.37. The van der Waals surface area contributed by atoms with E-state index in [1.54, 1.807) is 5.06 Å². The number of nitrogens with zero attached hydrogens (tertiary/aromatic N) is 3. The van der Waals surface area contributed by atoms with Gasteiger partial charge in [0.25, 0.3) is 0 Å². The molecule has 2 aliphatic rings. The van der Waals surface area contributed by atoms with Crippen molar-refractivity contribution in [1.29, 1.82) is 0 Å². The highest BCUT2D eigenvalue weighted by Gasteiger charge is 2.38. The molecule has 2 aromatic rings. The number of hydrogen-bond donors (Lipinski definition) is 0. The molecular formula is C22H29N3O5. The molecule has 30 heavy (non-hydrogen) atoms. The van der Waals surface area contributed by atoms with Gasteiger partial charge in [-0.15, -0.1) is 0 Å². The smallest absolute Gasteiger partial charge is 0.344 e. The van der Waals surface area contributed by atoms with E-state index < -0.39 is 24.6 Å². The quantitative estimate of drug-likeness (QED) is 0.671. The number of fused-ring (bicyclic) bond motifs is 1. The molecule has 0 spiro atoms. The van der Waals surface area contributed by atoms with Crippen molar-refractivity contribution in [2.24, 2.45) is 0 Å². The summed E-state index contributed by atoms with van der Waals surface area (Å²) in [6.07, 6.45) is 5.46. The van der Waals surface area contributed by atoms with Crippen LogP contribution in [0.3, 0.4) is 0 Å². The predicted octanol–water partition coefficient (Wildman–Crippen LogP) is 3.11. The minimum atomic E-state index is -0.744. The van der Waals surface area contributed by atoms with Crippen LogP contribution in [0.25, 0.3) is 10.9 Å². The first-order chi connectivity index (χ1) is 14.5. The topological polar surface area (TPSA) is 82.9 Å². The number of aromatic nitrogens is 2. The third kappa shape index (κ3) is 3.94. The minimum absolute atomic E-state index is 0.0814. The van der Waals surface area contributed by atoms with E-state index in [4.69, 9.17) is 14.7 Å². The van der Waals surface area contributed by atoms with Crippen LogP contribution in [-0.4, -0.2) is 53.7 Å². The predicted molar refractivity (Wildman–Crippen MR) is 110 cm³/mol. The van der Waals surface area contributed by atoms with Gasteiger partial charge in [-0.2, -0.15) is 10.2 Å². The van der Waals surface area contributed by atoms with Crippen molar-refractivity contribution in [3.8, 4) is 0 Å². The lowest BCUT2D eigenvalue weighted by atomic mass is 9.99. The lowest BCUT2D eigenvalue weighted by Gasteiger charge is -2.18. The van der Waals surface area contributed by atoms with Gasteiger partial charge < -0.3 is 9.47 Å². The second-order valence-electron chi connectivity index (χ2n) is 8.04. The van der Waals surface area contributed by atoms with Crippen LogP contribution < -0.4 is 0 Å². The summed E-state index contributed by atoms with van der Waals surface area (Å²) in [7, 11) is 3.07. The van der Waals surface area contributed by atoms with Crippen LogP contribution in [0.5, 0.6) is 0 Å². The Hall–Kier alpha value is -2.45. The first-order valence-corrected chi connectivity index (χ1v) is 10.7. The second-order valence-corrected chi connectivity index (χ2v) is 8.04. The lowest BCUT2D eigenvalue weighted by Crippen LogP contribution is -2.26. The number of carbonyl (C=O) groups is 2. The molecule has 1 aliphatic heterocycles. The highest BCUT2D eigenvalue weighted by atomic mass is 16.7. The molecule has 2 fully saturated rings. The Kier molecular flexibility index (Phi) is 6.06. The second kappa shape index (κ2) is 8.73. The van der Waals surface area contributed by atoms with Gasteiger partial charge in [0.1, 0.15) is 0 Å². The number of methoxy groups -OCH3 is 1. The van der Waals surface area contributed by atoms with Crippen LogP contribution in [-0.2, 0) is 30.3 Å². The molecule has 0 radical (unpaired) electrons. The van der Waals surface area contributed by atoms with Gasteiger partial charge in [0.2, 0.25) is 0 Å². The highest BCUT2D eigenvalue weighted by molar-refractivity contribution is 5.83. The molecule has 1 aromatic carbocycles. The van der Waals surface area contributed by atoms with Gasteiger partial charge in [0.15, 0.2) is 12.7 Å². The molecule has 4 rings (SSSR count). The number of rotatable bonds is 6. The van der Waals surface area contributed by atoms with Crippen molar-refractivity contribution in [3.63, 3.8) is 0 Å². The van der Waals surface area contributed by atoms with Crippen LogP contribution in [0.4, 0.5) is 0 Å². The number of ether oxygens (including phenoxy) is 2. The van der Waals surface area contributed by atoms with Gasteiger partial charge in [0.05, 0.1) is 30.4 Å². The summed E-state index contributed by atoms with van der Waals surface area (Å²) in [6, 6.07) is 6.80. The molecular weight excluding hydrogens is 386 g/mol. The van der Waals surface area contributed by atoms with Gasteiger partial charge in [-0.05, 0) is 30.9 Å². The molecule has 1 saturated heterocycles. The average Bonchev–Trinajstić information content (AvgIpc) is 3.49. The molecule has 2 unspecified atom stereocenters. The summed E-state index contributed by atoms with van der Waals surface area (Å²) in [4.78, 5) is 29.2. The summed E-state index contributed by atoms with van der Waals surface area (Å²) in [5.74, 6) is -1.15. The summed E-state index contributed by atoms with van der Waals surface area (Å²) in [6.45, 7) is 1.73. The number of aryl methyl sites for hydroxylation is 1. The molecule has 1 aromatic heterocycles. The Labute approximate surface area is 176 Å². The largest absolute Gasteiger partial charge is 0.466 e. The van der Waals surface area contributed by atoms with Gasteiger partial charge in [0, 0.05) is 18.9 Å². The first-order valence-electron chi connectivity index (χ1n) is 10.7. The van der Waals surface area contributed by atoms with Gasteiger partial charge in [-0.3, -0.25) is 9.52 Å². The summed E-state index contributed by atoms with van der Waals surface area (Å²) in [5.41, 5.74) is 3.36. The number of hydroxylamine groups is 2. The van der Waals surface area contributed by atoms with Crippen molar-refractivity contribution in [1.82, 2.24) is 14.8 Å². The lowest BCUT2D eigenvalue weighted by molar-refractivity contribution is -0.184. The Morgan fingerprint density at radius 1 is 1.27 bits per heavy atom. The maximum Gasteiger partial charge on any atom is 0.344 e. The zero-order valence-corrected chi connectivity index (χ0v) is 17.8. The standard InChI is InChI=1S/C22H29N3O5/c1-4-17-16-10-9-14(11-19(16)25(23-17)15-7-5-6-8-15)18-12-20(30-24(18)2)22(27)29-13-21(26)28-3/h9-11,15,18,20H,4-8,12-13H2,1-3H3. The normalized spacial score (nSPS) is 22.6. The van der Waals surface area contributed by atoms with Crippen molar-refractivity contribution >= 4 is 22.8 Å². The summed E-state index contributed by atoms with van der Waals surface area (Å²) >= 11 is 0. The van der Waals surface area contributed by atoms with Crippen molar-refractivity contribution in [2.45, 2.75) is 63.6 Å². The van der Waals surface area contributed by atoms with Crippen molar-refractivity contribution in [2.75, 3.05) is 20.8 Å². The molecule has 0 bridgehead atoms. The maximum atomic E-state index is 12.3. The van der Waals surface area contributed by atoms with Crippen LogP contribution in [0, 0.1) is 0 Å². The van der Waals surface area contributed by atoms with Gasteiger partial charge >= 0.3 is 11.9 Å². The fourth-order valence-corrected chi connectivity index (χ4v) is 4.55. The summed E-state index contributed by atoms with van der Waals surface area (Å²) in [5, 5.41) is 7.82. The fraction of sp³-hybridized carbons (Fsp3) is 0.591. The Balaban J connectivity index is 1.56. The third-order valence-electron chi connectivity index (χ3n) is 6.19. The van der Waals surface area contributed by atoms with E-state index in [0.717, 1.165) is 23.2 Å². The average molecular weight is 415 g/mol. The van der Waals surface area contributed by atoms with Gasteiger partial charge in [-0.1, -0.05) is 31.9 Å². The number of hydrogen-bond acceptors (Lipinski definition) is 7. The van der Waals surface area contributed by atoms with Crippen LogP contribution in [0.2, 0.25) is 0 Å². The molecule has 0 amide bonds. The van der Waals surface area contributed by atoms with E-state index in [2.05, 4.69) is 34.5 Å². The molecule has 162 valence electrons. The van der Waals surface area contributed by atoms with E-state index in [9.17, 15) is 9.59 Å². The maximum absolute atomic E-state index is 12.3. The molecule has 8 heteroatoms. The molecule has 1 saturated carbocycles. The molecule has 1 aliphatic carbocycles. The van der Waals surface area contributed by atoms with Crippen molar-refractivity contribution in [3.05, 3.63) is 29.5 Å². The van der Waals surface area contributed by atoms with Gasteiger partial charge in [-0.25, -0.2) is 9.59 Å². The van der Waals surface area contributed by atoms with Crippen molar-refractivity contribution < 1.29 is 23.9 Å². The van der Waals surface area contributed by atoms with E-state index in [0.29, 0.717) is 12.5 Å². The SMILES string of the molecule is CCc1nn(C2CCCC2)c2cc(C3CC(C(=O)OCC(=O)OC)ON3C)ccc12. The van der Waals surface area contributed by atoms with E-state index in [1.807, 2.05) is 7.05 Å². The molecule has 0 N–H and O–H groups in total. The van der Waals surface area contributed by atoms with Crippen LogP contribution in [0.1, 0.15) is 62.4 Å². The van der Waals surface area contributed by atoms with Crippen LogP contribution >= 0.6 is 0 Å². The zero-order chi connectivity index (χ0) is 21.3. The Morgan fingerprint density at radius 3 is 2.73 bits per heavy atom. The monoisotopic (exact) mass is 415 g/mol. The zero-order valence-electron chi connectivity index (χ0n) is 17.8. The third-order valence-corrected chi connectivity index (χ3v) is 6.19. The first kappa shape index (κ1) is 20.8. The summed E-state index contributed by atoms with van der Waals surface area (Å²) < 4.78 is 11.7. The molecule has 8 nitrogen and oxygen atoms in total. The number of carbonyl (C=O) groups excluding carboxylic acids is 2. The fourth-order valence-electron chi connectivity index (χ4n) is 4.55. The Bertz CT molecular complexity index is 934. The number of benzene rings is 1. The molecule has 2 heterocycles.